The molecule has 2 aromatic rings. The van der Waals surface area contributed by atoms with Gasteiger partial charge in [0.1, 0.15) is 10.9 Å². The van der Waals surface area contributed by atoms with E-state index in [1.807, 2.05) is 11.9 Å². The predicted molar refractivity (Wildman–Crippen MR) is 145 cm³/mol. The molecule has 1 aliphatic carbocycles. The number of hydrogen-bond donors (Lipinski definition) is 4. The summed E-state index contributed by atoms with van der Waals surface area (Å²) in [6.45, 7) is 7.51. The minimum Gasteiger partial charge on any atom is -0.402 e. The van der Waals surface area contributed by atoms with Crippen LogP contribution in [0.1, 0.15) is 55.2 Å². The molecule has 192 valence electrons. The Bertz CT molecular complexity index is 1210. The Balaban J connectivity index is 1.46. The summed E-state index contributed by atoms with van der Waals surface area (Å²) in [5.74, 6) is 1.55. The van der Waals surface area contributed by atoms with Crippen molar-refractivity contribution in [3.8, 4) is 0 Å². The number of amidine groups is 1. The number of carbonyl (C=O) groups is 1. The van der Waals surface area contributed by atoms with Gasteiger partial charge in [-0.05, 0) is 88.3 Å². The Morgan fingerprint density at radius 3 is 2.53 bits per heavy atom. The highest BCUT2D eigenvalue weighted by molar-refractivity contribution is 6.32. The zero-order chi connectivity index (χ0) is 26.0. The quantitative estimate of drug-likeness (QED) is 0.328. The molecule has 36 heavy (non-hydrogen) atoms. The van der Waals surface area contributed by atoms with Crippen molar-refractivity contribution < 1.29 is 4.79 Å². The van der Waals surface area contributed by atoms with Crippen LogP contribution in [-0.2, 0) is 4.79 Å². The fraction of sp³-hybridized carbons (Fsp3) is 0.462. The highest BCUT2D eigenvalue weighted by Crippen LogP contribution is 2.39. The van der Waals surface area contributed by atoms with E-state index in [0.717, 1.165) is 50.0 Å². The molecule has 1 aromatic carbocycles. The van der Waals surface area contributed by atoms with Crippen molar-refractivity contribution in [1.82, 2.24) is 20.2 Å². The minimum absolute atomic E-state index is 0.212. The van der Waals surface area contributed by atoms with Gasteiger partial charge >= 0.3 is 0 Å². The highest BCUT2D eigenvalue weighted by atomic mass is 35.5. The molecule has 6 N–H and O–H groups in total. The van der Waals surface area contributed by atoms with E-state index in [0.29, 0.717) is 22.6 Å². The standard InChI is InChI=1S/C26H35ClN8O/c1-15-12-21(32-25-31-14-20(27)23(34-25)33-22(29)13-17(3)28)16(2)11-19(15)18-5-9-35(10-6-18)24(36)26(30-4)7-8-26/h11-14,18,30H,5-10,28H2,1-4H3,(H3,29,31,32,33,34)/b17-13-. The van der Waals surface area contributed by atoms with Gasteiger partial charge in [-0.3, -0.25) is 4.79 Å². The highest BCUT2D eigenvalue weighted by Gasteiger charge is 2.50. The minimum atomic E-state index is -0.298. The number of likely N-dealkylation sites (N-methyl/N-ethyl adjacent to an activating group) is 1. The first-order valence-electron chi connectivity index (χ1n) is 12.3. The van der Waals surface area contributed by atoms with Gasteiger partial charge in [0.2, 0.25) is 11.9 Å². The van der Waals surface area contributed by atoms with Crippen LogP contribution in [0, 0.1) is 13.8 Å². The molecule has 4 rings (SSSR count). The maximum absolute atomic E-state index is 12.9. The van der Waals surface area contributed by atoms with Gasteiger partial charge in [0.15, 0.2) is 5.82 Å². The van der Waals surface area contributed by atoms with Crippen molar-refractivity contribution >= 4 is 40.8 Å². The van der Waals surface area contributed by atoms with E-state index in [-0.39, 0.29) is 23.1 Å². The molecule has 2 heterocycles. The Morgan fingerprint density at radius 1 is 1.22 bits per heavy atom. The number of aryl methyl sites for hydroxylation is 2. The van der Waals surface area contributed by atoms with Crippen molar-refractivity contribution in [3.05, 3.63) is 51.8 Å². The van der Waals surface area contributed by atoms with Crippen LogP contribution in [0.3, 0.4) is 0 Å². The second-order valence-corrected chi connectivity index (χ2v) is 10.2. The second kappa shape index (κ2) is 10.4. The van der Waals surface area contributed by atoms with E-state index < -0.39 is 0 Å². The largest absolute Gasteiger partial charge is 0.402 e. The topological polar surface area (TPSA) is 135 Å². The van der Waals surface area contributed by atoms with Gasteiger partial charge in [0, 0.05) is 24.5 Å². The number of rotatable bonds is 7. The number of benzene rings is 1. The molecule has 1 saturated heterocycles. The van der Waals surface area contributed by atoms with Gasteiger partial charge in [0.05, 0.1) is 11.7 Å². The van der Waals surface area contributed by atoms with Crippen molar-refractivity contribution in [2.45, 2.75) is 57.9 Å². The van der Waals surface area contributed by atoms with Crippen molar-refractivity contribution in [2.24, 2.45) is 16.5 Å². The molecule has 2 fully saturated rings. The second-order valence-electron chi connectivity index (χ2n) is 9.84. The lowest BCUT2D eigenvalue weighted by atomic mass is 9.85. The van der Waals surface area contributed by atoms with Crippen molar-refractivity contribution in [3.63, 3.8) is 0 Å². The van der Waals surface area contributed by atoms with Crippen LogP contribution < -0.4 is 22.1 Å². The predicted octanol–water partition coefficient (Wildman–Crippen LogP) is 3.80. The average Bonchev–Trinajstić information content (AvgIpc) is 3.64. The van der Waals surface area contributed by atoms with Gasteiger partial charge in [0.25, 0.3) is 0 Å². The van der Waals surface area contributed by atoms with E-state index >= 15 is 0 Å². The first-order chi connectivity index (χ1) is 17.1. The lowest BCUT2D eigenvalue weighted by Gasteiger charge is -2.35. The first kappa shape index (κ1) is 25.9. The van der Waals surface area contributed by atoms with Crippen LogP contribution in [-0.4, -0.2) is 52.3 Å². The number of hydrogen-bond acceptors (Lipinski definition) is 7. The third-order valence-electron chi connectivity index (χ3n) is 7.06. The number of carbonyl (C=O) groups excluding carboxylic acids is 1. The molecule has 0 radical (unpaired) electrons. The third kappa shape index (κ3) is 5.63. The number of allylic oxidation sites excluding steroid dienone is 1. The molecular weight excluding hydrogens is 476 g/mol. The molecule has 1 amide bonds. The van der Waals surface area contributed by atoms with Crippen LogP contribution in [0.5, 0.6) is 0 Å². The molecule has 0 atom stereocenters. The number of nitrogens with two attached hydrogens (primary N) is 2. The van der Waals surface area contributed by atoms with E-state index in [2.05, 4.69) is 51.6 Å². The molecule has 0 unspecified atom stereocenters. The Morgan fingerprint density at radius 2 is 1.92 bits per heavy atom. The van der Waals surface area contributed by atoms with E-state index in [1.54, 1.807) is 13.0 Å². The van der Waals surface area contributed by atoms with Crippen LogP contribution in [0.2, 0.25) is 5.02 Å². The number of amides is 1. The first-order valence-corrected chi connectivity index (χ1v) is 12.7. The zero-order valence-corrected chi connectivity index (χ0v) is 22.1. The van der Waals surface area contributed by atoms with E-state index in [1.165, 1.54) is 17.3 Å². The number of piperidine rings is 1. The summed E-state index contributed by atoms with van der Waals surface area (Å²) in [7, 11) is 1.89. The Hall–Kier alpha value is -3.17. The summed E-state index contributed by atoms with van der Waals surface area (Å²) in [4.78, 5) is 27.9. The van der Waals surface area contributed by atoms with Crippen molar-refractivity contribution in [2.75, 3.05) is 25.5 Å². The molecule has 1 saturated carbocycles. The summed E-state index contributed by atoms with van der Waals surface area (Å²) in [5, 5.41) is 6.80. The molecule has 1 aromatic heterocycles. The Labute approximate surface area is 217 Å². The number of anilines is 2. The number of nitrogens with zero attached hydrogens (tertiary/aromatic N) is 4. The summed E-state index contributed by atoms with van der Waals surface area (Å²) >= 11 is 6.21. The molecule has 9 nitrogen and oxygen atoms in total. The molecule has 2 aliphatic rings. The SMILES string of the molecule is CNC1(C(=O)N2CCC(c3cc(C)c(Nc4ncc(Cl)c(N=C(N)/C=C(/C)N)n4)cc3C)CC2)CC1. The smallest absolute Gasteiger partial charge is 0.242 e. The fourth-order valence-corrected chi connectivity index (χ4v) is 4.94. The third-order valence-corrected chi connectivity index (χ3v) is 7.32. The number of aliphatic imine (C=N–C) groups is 1. The lowest BCUT2D eigenvalue weighted by Crippen LogP contribution is -2.49. The summed E-state index contributed by atoms with van der Waals surface area (Å²) in [6, 6.07) is 4.36. The van der Waals surface area contributed by atoms with Gasteiger partial charge < -0.3 is 27.0 Å². The van der Waals surface area contributed by atoms with Crippen molar-refractivity contribution in [1.29, 1.82) is 0 Å². The molecular formula is C26H35ClN8O. The van der Waals surface area contributed by atoms with Crippen LogP contribution in [0.4, 0.5) is 17.5 Å². The summed E-state index contributed by atoms with van der Waals surface area (Å²) < 4.78 is 0. The number of nitrogens with one attached hydrogen (secondary N) is 2. The normalized spacial score (nSPS) is 18.3. The van der Waals surface area contributed by atoms with Crippen LogP contribution in [0.15, 0.2) is 35.1 Å². The van der Waals surface area contributed by atoms with Gasteiger partial charge in [-0.15, -0.1) is 0 Å². The maximum atomic E-state index is 12.9. The summed E-state index contributed by atoms with van der Waals surface area (Å²) in [6.07, 6.45) is 6.86. The molecule has 0 bridgehead atoms. The maximum Gasteiger partial charge on any atom is 0.242 e. The van der Waals surface area contributed by atoms with E-state index in [9.17, 15) is 4.79 Å². The van der Waals surface area contributed by atoms with Gasteiger partial charge in [-0.25, -0.2) is 9.98 Å². The monoisotopic (exact) mass is 510 g/mol. The number of aromatic nitrogens is 2. The van der Waals surface area contributed by atoms with Gasteiger partial charge in [-0.2, -0.15) is 4.98 Å². The average molecular weight is 511 g/mol. The zero-order valence-electron chi connectivity index (χ0n) is 21.4. The molecule has 10 heteroatoms. The fourth-order valence-electron chi connectivity index (χ4n) is 4.81. The molecule has 0 spiro atoms. The van der Waals surface area contributed by atoms with E-state index in [4.69, 9.17) is 23.1 Å². The summed E-state index contributed by atoms with van der Waals surface area (Å²) in [5.41, 5.74) is 16.3. The molecule has 1 aliphatic heterocycles. The van der Waals surface area contributed by atoms with Crippen LogP contribution >= 0.6 is 11.6 Å². The number of halogens is 1. The van der Waals surface area contributed by atoms with Gasteiger partial charge in [-0.1, -0.05) is 17.7 Å². The van der Waals surface area contributed by atoms with Crippen LogP contribution in [0.25, 0.3) is 0 Å². The lowest BCUT2D eigenvalue weighted by molar-refractivity contribution is -0.135. The number of likely N-dealkylation sites (tertiary alicyclic amines) is 1. The Kier molecular flexibility index (Phi) is 7.51.